The number of fused-ring (bicyclic) bond motifs is 1. The Morgan fingerprint density at radius 2 is 2.00 bits per heavy atom. The number of likely N-dealkylation sites (tertiary alicyclic amines) is 1. The van der Waals surface area contributed by atoms with Crippen molar-refractivity contribution in [2.75, 3.05) is 6.54 Å². The van der Waals surface area contributed by atoms with Gasteiger partial charge in [0, 0.05) is 18.1 Å². The van der Waals surface area contributed by atoms with Crippen LogP contribution in [0.4, 0.5) is 0 Å². The quantitative estimate of drug-likeness (QED) is 0.918. The molecule has 1 aliphatic heterocycles. The third-order valence-electron chi connectivity index (χ3n) is 3.91. The Kier molecular flexibility index (Phi) is 3.56. The molecule has 1 atom stereocenters. The molecule has 1 aromatic heterocycles. The number of benzene rings is 1. The van der Waals surface area contributed by atoms with Crippen molar-refractivity contribution in [1.29, 1.82) is 0 Å². The summed E-state index contributed by atoms with van der Waals surface area (Å²) in [6.45, 7) is 0.485. The molecule has 0 bridgehead atoms. The second-order valence-electron chi connectivity index (χ2n) is 5.23. The van der Waals surface area contributed by atoms with Gasteiger partial charge < -0.3 is 10.0 Å². The highest BCUT2D eigenvalue weighted by atomic mass is 16.4. The van der Waals surface area contributed by atoms with E-state index >= 15 is 0 Å². The van der Waals surface area contributed by atoms with E-state index in [0.717, 1.165) is 18.2 Å². The lowest BCUT2D eigenvalue weighted by Crippen LogP contribution is -2.48. The van der Waals surface area contributed by atoms with E-state index in [1.54, 1.807) is 18.3 Å². The number of nitrogens with zero attached hydrogens (tertiary/aromatic N) is 2. The lowest BCUT2D eigenvalue weighted by atomic mass is 10.00. The normalized spacial score (nSPS) is 18.7. The van der Waals surface area contributed by atoms with E-state index in [1.165, 1.54) is 4.90 Å². The first kappa shape index (κ1) is 13.5. The number of carboxylic acid groups (broad SMARTS) is 1. The van der Waals surface area contributed by atoms with Crippen molar-refractivity contribution in [1.82, 2.24) is 9.88 Å². The molecule has 2 aromatic rings. The first-order chi connectivity index (χ1) is 10.2. The molecule has 108 valence electrons. The van der Waals surface area contributed by atoms with Crippen molar-refractivity contribution in [2.24, 2.45) is 0 Å². The topological polar surface area (TPSA) is 70.5 Å². The van der Waals surface area contributed by atoms with Gasteiger partial charge in [0.2, 0.25) is 0 Å². The maximum Gasteiger partial charge on any atom is 0.326 e. The maximum atomic E-state index is 12.8. The van der Waals surface area contributed by atoms with Crippen LogP contribution in [0.3, 0.4) is 0 Å². The van der Waals surface area contributed by atoms with Crippen molar-refractivity contribution in [2.45, 2.75) is 25.3 Å². The number of carbonyl (C=O) groups excluding carboxylic acids is 1. The summed E-state index contributed by atoms with van der Waals surface area (Å²) >= 11 is 0. The number of para-hydroxylation sites is 1. The number of hydrogen-bond donors (Lipinski definition) is 1. The number of carboxylic acids is 1. The summed E-state index contributed by atoms with van der Waals surface area (Å²) in [5.74, 6) is -1.18. The number of rotatable bonds is 2. The molecule has 1 amide bonds. The van der Waals surface area contributed by atoms with Crippen LogP contribution in [0, 0.1) is 0 Å². The fourth-order valence-corrected chi connectivity index (χ4v) is 2.86. The highest BCUT2D eigenvalue weighted by Gasteiger charge is 2.33. The number of pyridine rings is 1. The number of piperidine rings is 1. The monoisotopic (exact) mass is 284 g/mol. The zero-order valence-corrected chi connectivity index (χ0v) is 11.5. The first-order valence-electron chi connectivity index (χ1n) is 7.06. The minimum absolute atomic E-state index is 0.244. The molecule has 3 rings (SSSR count). The zero-order chi connectivity index (χ0) is 14.8. The maximum absolute atomic E-state index is 12.8. The fourth-order valence-electron chi connectivity index (χ4n) is 2.86. The predicted octanol–water partition coefficient (Wildman–Crippen LogP) is 2.31. The average molecular weight is 284 g/mol. The van der Waals surface area contributed by atoms with Crippen molar-refractivity contribution in [3.05, 3.63) is 42.1 Å². The van der Waals surface area contributed by atoms with Crippen molar-refractivity contribution < 1.29 is 14.7 Å². The van der Waals surface area contributed by atoms with Crippen LogP contribution >= 0.6 is 0 Å². The van der Waals surface area contributed by atoms with Crippen LogP contribution in [-0.2, 0) is 4.79 Å². The van der Waals surface area contributed by atoms with E-state index < -0.39 is 12.0 Å². The van der Waals surface area contributed by atoms with Gasteiger partial charge >= 0.3 is 5.97 Å². The summed E-state index contributed by atoms with van der Waals surface area (Å²) in [6.07, 6.45) is 3.84. The van der Waals surface area contributed by atoms with Gasteiger partial charge in [-0.15, -0.1) is 0 Å². The Morgan fingerprint density at radius 3 is 2.81 bits per heavy atom. The second kappa shape index (κ2) is 5.52. The van der Waals surface area contributed by atoms with E-state index in [0.29, 0.717) is 24.0 Å². The first-order valence-corrected chi connectivity index (χ1v) is 7.06. The van der Waals surface area contributed by atoms with Crippen molar-refractivity contribution >= 4 is 22.8 Å². The Bertz CT molecular complexity index is 693. The molecule has 0 spiro atoms. The molecule has 0 saturated carbocycles. The molecule has 1 fully saturated rings. The molecule has 0 radical (unpaired) electrons. The molecular weight excluding hydrogens is 268 g/mol. The van der Waals surface area contributed by atoms with Crippen molar-refractivity contribution in [3.8, 4) is 0 Å². The summed E-state index contributed by atoms with van der Waals surface area (Å²) < 4.78 is 0. The minimum Gasteiger partial charge on any atom is -0.480 e. The van der Waals surface area contributed by atoms with E-state index in [-0.39, 0.29) is 5.91 Å². The largest absolute Gasteiger partial charge is 0.480 e. The fraction of sp³-hybridized carbons (Fsp3) is 0.312. The van der Waals surface area contributed by atoms with Gasteiger partial charge in [-0.3, -0.25) is 9.78 Å². The van der Waals surface area contributed by atoms with Crippen molar-refractivity contribution in [3.63, 3.8) is 0 Å². The lowest BCUT2D eigenvalue weighted by Gasteiger charge is -2.33. The molecule has 1 N–H and O–H groups in total. The van der Waals surface area contributed by atoms with E-state index in [2.05, 4.69) is 4.98 Å². The van der Waals surface area contributed by atoms with E-state index in [9.17, 15) is 14.7 Å². The molecular formula is C16H16N2O3. The average Bonchev–Trinajstić information content (AvgIpc) is 2.53. The number of hydrogen-bond acceptors (Lipinski definition) is 3. The summed E-state index contributed by atoms with van der Waals surface area (Å²) in [5.41, 5.74) is 1.10. The summed E-state index contributed by atoms with van der Waals surface area (Å²) in [5, 5.41) is 10.2. The molecule has 5 heteroatoms. The molecule has 1 aliphatic rings. The van der Waals surface area contributed by atoms with Gasteiger partial charge in [0.25, 0.3) is 5.91 Å². The Labute approximate surface area is 122 Å². The number of aromatic nitrogens is 1. The Hall–Kier alpha value is -2.43. The van der Waals surface area contributed by atoms with Crippen LogP contribution in [0.5, 0.6) is 0 Å². The number of aliphatic carboxylic acids is 1. The van der Waals surface area contributed by atoms with E-state index in [1.807, 2.05) is 18.2 Å². The van der Waals surface area contributed by atoms with Gasteiger partial charge in [-0.25, -0.2) is 4.79 Å². The second-order valence-corrected chi connectivity index (χ2v) is 5.23. The van der Waals surface area contributed by atoms with Crippen LogP contribution in [-0.4, -0.2) is 39.5 Å². The number of carbonyl (C=O) groups is 2. The molecule has 0 unspecified atom stereocenters. The van der Waals surface area contributed by atoms with Crippen LogP contribution < -0.4 is 0 Å². The van der Waals surface area contributed by atoms with Gasteiger partial charge in [-0.1, -0.05) is 18.2 Å². The predicted molar refractivity (Wildman–Crippen MR) is 78.1 cm³/mol. The van der Waals surface area contributed by atoms with Gasteiger partial charge in [-0.2, -0.15) is 0 Å². The summed E-state index contributed by atoms with van der Waals surface area (Å²) in [4.78, 5) is 29.8. The van der Waals surface area contributed by atoms with E-state index in [4.69, 9.17) is 0 Å². The molecule has 0 aliphatic carbocycles. The highest BCUT2D eigenvalue weighted by molar-refractivity contribution is 6.06. The Morgan fingerprint density at radius 1 is 1.19 bits per heavy atom. The summed E-state index contributed by atoms with van der Waals surface area (Å²) in [7, 11) is 0. The standard InChI is InChI=1S/C16H16N2O3/c19-15(18-10-2-1-8-13(18)16(20)21)12-7-3-5-11-6-4-9-17-14(11)12/h3-7,9,13H,1-2,8,10H2,(H,20,21)/t13-/m0/s1. The van der Waals surface area contributed by atoms with Gasteiger partial charge in [0.15, 0.2) is 0 Å². The van der Waals surface area contributed by atoms with Crippen LogP contribution in [0.15, 0.2) is 36.5 Å². The van der Waals surface area contributed by atoms with Crippen LogP contribution in [0.1, 0.15) is 29.6 Å². The smallest absolute Gasteiger partial charge is 0.326 e. The SMILES string of the molecule is O=C(O)[C@@H]1CCCCN1C(=O)c1cccc2cccnc12. The Balaban J connectivity index is 2.01. The molecule has 2 heterocycles. The van der Waals surface area contributed by atoms with Crippen LogP contribution in [0.25, 0.3) is 10.9 Å². The summed E-state index contributed by atoms with van der Waals surface area (Å²) in [6, 6.07) is 8.39. The van der Waals surface area contributed by atoms with Crippen LogP contribution in [0.2, 0.25) is 0 Å². The highest BCUT2D eigenvalue weighted by Crippen LogP contribution is 2.23. The van der Waals surface area contributed by atoms with Gasteiger partial charge in [-0.05, 0) is 31.4 Å². The molecule has 1 saturated heterocycles. The molecule has 1 aromatic carbocycles. The van der Waals surface area contributed by atoms with Gasteiger partial charge in [0.1, 0.15) is 6.04 Å². The third-order valence-corrected chi connectivity index (χ3v) is 3.91. The third kappa shape index (κ3) is 2.46. The zero-order valence-electron chi connectivity index (χ0n) is 11.5. The minimum atomic E-state index is -0.934. The number of amides is 1. The molecule has 5 nitrogen and oxygen atoms in total. The van der Waals surface area contributed by atoms with Gasteiger partial charge in [0.05, 0.1) is 11.1 Å². The molecule has 21 heavy (non-hydrogen) atoms. The lowest BCUT2D eigenvalue weighted by molar-refractivity contribution is -0.143.